The molecule has 0 aliphatic carbocycles. The van der Waals surface area contributed by atoms with E-state index in [9.17, 15) is 14.4 Å². The van der Waals surface area contributed by atoms with Crippen molar-refractivity contribution in [3.05, 3.63) is 47.2 Å². The number of ether oxygens (including phenoxy) is 1. The molecule has 116 valence electrons. The molecule has 0 fully saturated rings. The molecule has 2 rings (SSSR count). The number of hydrogen-bond donors (Lipinski definition) is 0. The molecule has 0 aromatic heterocycles. The standard InChI is InChI=1S/C16H18N2O4/c1-4-22-15(20)13-11(2)17(3)16(21)18(10-19)14(13)12-8-6-5-7-9-12/h5-10,14H,4H2,1-3H3. The van der Waals surface area contributed by atoms with Crippen molar-refractivity contribution in [1.29, 1.82) is 0 Å². The number of amides is 3. The molecule has 1 aromatic rings. The number of allylic oxidation sites excluding steroid dienone is 1. The highest BCUT2D eigenvalue weighted by Gasteiger charge is 2.40. The predicted octanol–water partition coefficient (Wildman–Crippen LogP) is 2.09. The second-order valence-electron chi connectivity index (χ2n) is 4.89. The number of benzene rings is 1. The van der Waals surface area contributed by atoms with Crippen LogP contribution >= 0.6 is 0 Å². The second-order valence-corrected chi connectivity index (χ2v) is 4.89. The van der Waals surface area contributed by atoms with Gasteiger partial charge in [-0.05, 0) is 19.4 Å². The molecule has 3 amide bonds. The Bertz CT molecular complexity index is 624. The molecule has 0 spiro atoms. The lowest BCUT2D eigenvalue weighted by Gasteiger charge is -2.38. The van der Waals surface area contributed by atoms with E-state index in [0.717, 1.165) is 4.90 Å². The van der Waals surface area contributed by atoms with E-state index in [2.05, 4.69) is 0 Å². The third-order valence-corrected chi connectivity index (χ3v) is 3.68. The number of nitrogens with zero attached hydrogens (tertiary/aromatic N) is 2. The zero-order chi connectivity index (χ0) is 16.3. The molecule has 0 radical (unpaired) electrons. The molecule has 1 unspecified atom stereocenters. The number of carbonyl (C=O) groups excluding carboxylic acids is 3. The minimum Gasteiger partial charge on any atom is -0.463 e. The second kappa shape index (κ2) is 6.43. The molecule has 0 N–H and O–H groups in total. The molecule has 6 nitrogen and oxygen atoms in total. The molecular formula is C16H18N2O4. The fourth-order valence-corrected chi connectivity index (χ4v) is 2.48. The highest BCUT2D eigenvalue weighted by atomic mass is 16.5. The Labute approximate surface area is 129 Å². The summed E-state index contributed by atoms with van der Waals surface area (Å²) in [6, 6.07) is 7.69. The van der Waals surface area contributed by atoms with Crippen molar-refractivity contribution in [3.63, 3.8) is 0 Å². The molecule has 0 saturated heterocycles. The van der Waals surface area contributed by atoms with Gasteiger partial charge in [0.25, 0.3) is 0 Å². The number of imide groups is 1. The predicted molar refractivity (Wildman–Crippen MR) is 79.6 cm³/mol. The van der Waals surface area contributed by atoms with Crippen molar-refractivity contribution in [1.82, 2.24) is 9.80 Å². The maximum absolute atomic E-state index is 12.3. The van der Waals surface area contributed by atoms with Crippen LogP contribution in [0.3, 0.4) is 0 Å². The van der Waals surface area contributed by atoms with Gasteiger partial charge in [-0.1, -0.05) is 30.3 Å². The summed E-state index contributed by atoms with van der Waals surface area (Å²) < 4.78 is 5.10. The van der Waals surface area contributed by atoms with Crippen LogP contribution in [0, 0.1) is 0 Å². The van der Waals surface area contributed by atoms with Crippen LogP contribution in [-0.4, -0.2) is 41.9 Å². The summed E-state index contributed by atoms with van der Waals surface area (Å²) >= 11 is 0. The van der Waals surface area contributed by atoms with Crippen LogP contribution < -0.4 is 0 Å². The average Bonchev–Trinajstić information content (AvgIpc) is 2.53. The lowest BCUT2D eigenvalue weighted by Crippen LogP contribution is -2.48. The molecule has 0 saturated carbocycles. The van der Waals surface area contributed by atoms with Gasteiger partial charge in [0, 0.05) is 12.7 Å². The van der Waals surface area contributed by atoms with Gasteiger partial charge in [-0.15, -0.1) is 0 Å². The number of rotatable bonds is 4. The molecule has 0 bridgehead atoms. The van der Waals surface area contributed by atoms with Crippen molar-refractivity contribution < 1.29 is 19.1 Å². The van der Waals surface area contributed by atoms with Crippen LogP contribution in [0.1, 0.15) is 25.5 Å². The van der Waals surface area contributed by atoms with E-state index in [0.29, 0.717) is 23.2 Å². The van der Waals surface area contributed by atoms with Crippen LogP contribution in [0.2, 0.25) is 0 Å². The highest BCUT2D eigenvalue weighted by molar-refractivity contribution is 5.98. The molecule has 1 aliphatic rings. The molecule has 22 heavy (non-hydrogen) atoms. The van der Waals surface area contributed by atoms with E-state index < -0.39 is 18.0 Å². The monoisotopic (exact) mass is 302 g/mol. The minimum atomic E-state index is -0.776. The maximum Gasteiger partial charge on any atom is 0.338 e. The van der Waals surface area contributed by atoms with E-state index >= 15 is 0 Å². The molecule has 1 aromatic carbocycles. The van der Waals surface area contributed by atoms with Gasteiger partial charge in [-0.2, -0.15) is 0 Å². The van der Waals surface area contributed by atoms with Crippen LogP contribution in [0.5, 0.6) is 0 Å². The summed E-state index contributed by atoms with van der Waals surface area (Å²) in [6.45, 7) is 3.60. The Balaban J connectivity index is 2.63. The zero-order valence-corrected chi connectivity index (χ0v) is 12.8. The fourth-order valence-electron chi connectivity index (χ4n) is 2.48. The maximum atomic E-state index is 12.3. The zero-order valence-electron chi connectivity index (χ0n) is 12.8. The van der Waals surface area contributed by atoms with E-state index in [1.165, 1.54) is 11.9 Å². The van der Waals surface area contributed by atoms with E-state index in [1.54, 1.807) is 38.1 Å². The summed E-state index contributed by atoms with van der Waals surface area (Å²) in [5.74, 6) is -0.528. The van der Waals surface area contributed by atoms with Gasteiger partial charge < -0.3 is 9.64 Å². The Morgan fingerprint density at radius 1 is 1.32 bits per heavy atom. The normalized spacial score (nSPS) is 18.5. The molecular weight excluding hydrogens is 284 g/mol. The lowest BCUT2D eigenvalue weighted by atomic mass is 9.94. The van der Waals surface area contributed by atoms with Crippen molar-refractivity contribution in [2.45, 2.75) is 19.9 Å². The largest absolute Gasteiger partial charge is 0.463 e. The van der Waals surface area contributed by atoms with Crippen molar-refractivity contribution in [2.24, 2.45) is 0 Å². The summed E-state index contributed by atoms with van der Waals surface area (Å²) in [7, 11) is 1.52. The first kappa shape index (κ1) is 15.8. The first-order valence-electron chi connectivity index (χ1n) is 6.97. The van der Waals surface area contributed by atoms with Crippen LogP contribution in [0.25, 0.3) is 0 Å². The first-order valence-corrected chi connectivity index (χ1v) is 6.97. The molecule has 6 heteroatoms. The number of hydrogen-bond acceptors (Lipinski definition) is 4. The van der Waals surface area contributed by atoms with E-state index in [4.69, 9.17) is 4.74 Å². The van der Waals surface area contributed by atoms with Gasteiger partial charge in [0.05, 0.1) is 12.2 Å². The lowest BCUT2D eigenvalue weighted by molar-refractivity contribution is -0.139. The smallest absolute Gasteiger partial charge is 0.338 e. The quantitative estimate of drug-likeness (QED) is 0.631. The minimum absolute atomic E-state index is 0.218. The first-order chi connectivity index (χ1) is 10.5. The van der Waals surface area contributed by atoms with Crippen molar-refractivity contribution in [3.8, 4) is 0 Å². The van der Waals surface area contributed by atoms with Crippen molar-refractivity contribution >= 4 is 18.4 Å². The summed E-state index contributed by atoms with van der Waals surface area (Å²) in [6.07, 6.45) is 0.447. The average molecular weight is 302 g/mol. The molecule has 1 aliphatic heterocycles. The van der Waals surface area contributed by atoms with Gasteiger partial charge in [0.15, 0.2) is 0 Å². The van der Waals surface area contributed by atoms with E-state index in [-0.39, 0.29) is 6.61 Å². The third-order valence-electron chi connectivity index (χ3n) is 3.68. The SMILES string of the molecule is CCOC(=O)C1=C(C)N(C)C(=O)N(C=O)C1c1ccccc1. The van der Waals surface area contributed by atoms with Crippen LogP contribution in [-0.2, 0) is 14.3 Å². The Hall–Kier alpha value is -2.63. The number of carbonyl (C=O) groups is 3. The molecule has 1 atom stereocenters. The van der Waals surface area contributed by atoms with Gasteiger partial charge in [0.1, 0.15) is 6.04 Å². The Kier molecular flexibility index (Phi) is 4.60. The Morgan fingerprint density at radius 3 is 2.50 bits per heavy atom. The fraction of sp³-hybridized carbons (Fsp3) is 0.312. The van der Waals surface area contributed by atoms with Crippen LogP contribution in [0.4, 0.5) is 4.79 Å². The summed E-state index contributed by atoms with van der Waals surface area (Å²) in [5.41, 5.74) is 1.45. The topological polar surface area (TPSA) is 66.9 Å². The van der Waals surface area contributed by atoms with Crippen LogP contribution in [0.15, 0.2) is 41.6 Å². The van der Waals surface area contributed by atoms with Gasteiger partial charge in [0.2, 0.25) is 6.41 Å². The Morgan fingerprint density at radius 2 is 1.95 bits per heavy atom. The van der Waals surface area contributed by atoms with Gasteiger partial charge in [-0.25, -0.2) is 9.59 Å². The van der Waals surface area contributed by atoms with Gasteiger partial charge >= 0.3 is 12.0 Å². The summed E-state index contributed by atoms with van der Waals surface area (Å²) in [5, 5.41) is 0. The number of urea groups is 1. The summed E-state index contributed by atoms with van der Waals surface area (Å²) in [4.78, 5) is 38.4. The number of esters is 1. The van der Waals surface area contributed by atoms with E-state index in [1.807, 2.05) is 6.07 Å². The van der Waals surface area contributed by atoms with Gasteiger partial charge in [-0.3, -0.25) is 9.69 Å². The highest BCUT2D eigenvalue weighted by Crippen LogP contribution is 2.36. The third kappa shape index (κ3) is 2.59. The molecule has 1 heterocycles. The van der Waals surface area contributed by atoms with Crippen molar-refractivity contribution in [2.75, 3.05) is 13.7 Å².